The van der Waals surface area contributed by atoms with Gasteiger partial charge in [0, 0.05) is 11.7 Å². The van der Waals surface area contributed by atoms with Crippen LogP contribution >= 0.6 is 0 Å². The van der Waals surface area contributed by atoms with E-state index in [9.17, 15) is 0 Å². The van der Waals surface area contributed by atoms with Crippen molar-refractivity contribution in [2.24, 2.45) is 10.7 Å². The van der Waals surface area contributed by atoms with Gasteiger partial charge in [0.25, 0.3) is 0 Å². The molecule has 0 bridgehead atoms. The third-order valence-electron chi connectivity index (χ3n) is 1.89. The van der Waals surface area contributed by atoms with Crippen LogP contribution < -0.4 is 11.1 Å². The molecule has 1 rings (SSSR count). The second-order valence-electron chi connectivity index (χ2n) is 4.90. The highest BCUT2D eigenvalue weighted by Gasteiger charge is 2.09. The summed E-state index contributed by atoms with van der Waals surface area (Å²) in [5.41, 5.74) is 7.81. The summed E-state index contributed by atoms with van der Waals surface area (Å²) in [6, 6.07) is 3.97. The number of hydrogen-bond acceptors (Lipinski definition) is 2. The maximum Gasteiger partial charge on any atom is 0.189 e. The second kappa shape index (κ2) is 4.96. The summed E-state index contributed by atoms with van der Waals surface area (Å²) in [7, 11) is 0. The lowest BCUT2D eigenvalue weighted by atomic mass is 10.1. The lowest BCUT2D eigenvalue weighted by Crippen LogP contribution is -2.45. The third kappa shape index (κ3) is 4.77. The molecule has 0 radical (unpaired) electrons. The lowest BCUT2D eigenvalue weighted by Gasteiger charge is -2.20. The van der Waals surface area contributed by atoms with Gasteiger partial charge in [-0.3, -0.25) is 4.98 Å². The van der Waals surface area contributed by atoms with Crippen molar-refractivity contribution in [3.63, 3.8) is 0 Å². The molecule has 3 N–H and O–H groups in total. The van der Waals surface area contributed by atoms with Gasteiger partial charge in [0.1, 0.15) is 0 Å². The summed E-state index contributed by atoms with van der Waals surface area (Å²) in [5, 5.41) is 3.10. The number of hydrogen-bond donors (Lipinski definition) is 2. The summed E-state index contributed by atoms with van der Waals surface area (Å²) in [5.74, 6) is 0.454. The Labute approximate surface area is 97.0 Å². The van der Waals surface area contributed by atoms with Crippen molar-refractivity contribution in [1.82, 2.24) is 10.3 Å². The van der Waals surface area contributed by atoms with Crippen LogP contribution in [-0.2, 0) is 6.54 Å². The van der Waals surface area contributed by atoms with E-state index in [2.05, 4.69) is 15.3 Å². The zero-order chi connectivity index (χ0) is 12.2. The van der Waals surface area contributed by atoms with E-state index in [1.54, 1.807) is 6.20 Å². The third-order valence-corrected chi connectivity index (χ3v) is 1.89. The average molecular weight is 220 g/mol. The highest BCUT2D eigenvalue weighted by Crippen LogP contribution is 2.02. The first-order valence-corrected chi connectivity index (χ1v) is 5.36. The van der Waals surface area contributed by atoms with Gasteiger partial charge in [-0.05, 0) is 45.4 Å². The molecule has 0 aliphatic rings. The molecule has 0 spiro atoms. The van der Waals surface area contributed by atoms with Crippen molar-refractivity contribution < 1.29 is 0 Å². The molecule has 0 aliphatic carbocycles. The Kier molecular flexibility index (Phi) is 3.88. The van der Waals surface area contributed by atoms with E-state index in [0.29, 0.717) is 12.5 Å². The maximum absolute atomic E-state index is 5.76. The second-order valence-corrected chi connectivity index (χ2v) is 4.90. The lowest BCUT2D eigenvalue weighted by molar-refractivity contribution is 0.508. The van der Waals surface area contributed by atoms with E-state index in [-0.39, 0.29) is 5.54 Å². The minimum Gasteiger partial charge on any atom is -0.370 e. The number of nitrogens with two attached hydrogens (primary N) is 1. The van der Waals surface area contributed by atoms with Gasteiger partial charge in [-0.25, -0.2) is 4.99 Å². The van der Waals surface area contributed by atoms with E-state index < -0.39 is 0 Å². The van der Waals surface area contributed by atoms with Crippen molar-refractivity contribution in [1.29, 1.82) is 0 Å². The first kappa shape index (κ1) is 12.5. The number of pyridine rings is 1. The predicted octanol–water partition coefficient (Wildman–Crippen LogP) is 1.59. The van der Waals surface area contributed by atoms with Gasteiger partial charge in [0.2, 0.25) is 0 Å². The standard InChI is InChI=1S/C12H20N4/c1-9-5-6-14-10(7-9)8-15-11(13)16-12(2,3)4/h5-7H,8H2,1-4H3,(H3,13,15,16). The number of aryl methyl sites for hydroxylation is 1. The Morgan fingerprint density at radius 2 is 2.19 bits per heavy atom. The fourth-order valence-electron chi connectivity index (χ4n) is 1.28. The molecule has 0 amide bonds. The van der Waals surface area contributed by atoms with E-state index in [4.69, 9.17) is 5.73 Å². The van der Waals surface area contributed by atoms with Crippen LogP contribution in [0.5, 0.6) is 0 Å². The Hall–Kier alpha value is -1.58. The molecular formula is C12H20N4. The van der Waals surface area contributed by atoms with Crippen LogP contribution in [0.2, 0.25) is 0 Å². The number of nitrogens with zero attached hydrogens (tertiary/aromatic N) is 2. The van der Waals surface area contributed by atoms with Crippen LogP contribution in [0.15, 0.2) is 23.3 Å². The van der Waals surface area contributed by atoms with E-state index in [1.165, 1.54) is 5.56 Å². The number of rotatable bonds is 2. The number of aromatic nitrogens is 1. The molecule has 4 nitrogen and oxygen atoms in total. The van der Waals surface area contributed by atoms with Crippen molar-refractivity contribution >= 4 is 5.96 Å². The molecule has 1 aromatic rings. The van der Waals surface area contributed by atoms with Gasteiger partial charge in [-0.15, -0.1) is 0 Å². The first-order valence-electron chi connectivity index (χ1n) is 5.36. The van der Waals surface area contributed by atoms with Crippen LogP contribution in [0.3, 0.4) is 0 Å². The van der Waals surface area contributed by atoms with Gasteiger partial charge >= 0.3 is 0 Å². The van der Waals surface area contributed by atoms with Crippen molar-refractivity contribution in [2.45, 2.75) is 39.8 Å². The Morgan fingerprint density at radius 1 is 1.50 bits per heavy atom. The van der Waals surface area contributed by atoms with Crippen LogP contribution in [0.4, 0.5) is 0 Å². The Morgan fingerprint density at radius 3 is 2.75 bits per heavy atom. The Bertz CT molecular complexity index is 377. The van der Waals surface area contributed by atoms with E-state index in [1.807, 2.05) is 39.8 Å². The summed E-state index contributed by atoms with van der Waals surface area (Å²) in [4.78, 5) is 8.46. The predicted molar refractivity (Wildman–Crippen MR) is 67.2 cm³/mol. The Balaban J connectivity index is 2.59. The molecule has 88 valence electrons. The monoisotopic (exact) mass is 220 g/mol. The zero-order valence-electron chi connectivity index (χ0n) is 10.4. The molecule has 0 atom stereocenters. The average Bonchev–Trinajstić information content (AvgIpc) is 2.12. The summed E-state index contributed by atoms with van der Waals surface area (Å²) < 4.78 is 0. The van der Waals surface area contributed by atoms with Gasteiger partial charge in [0.05, 0.1) is 12.2 Å². The molecule has 16 heavy (non-hydrogen) atoms. The summed E-state index contributed by atoms with van der Waals surface area (Å²) in [6.45, 7) is 8.67. The molecule has 0 fully saturated rings. The minimum atomic E-state index is -0.0619. The van der Waals surface area contributed by atoms with Crippen molar-refractivity contribution in [3.05, 3.63) is 29.6 Å². The number of guanidine groups is 1. The molecule has 0 unspecified atom stereocenters. The van der Waals surface area contributed by atoms with E-state index in [0.717, 1.165) is 5.69 Å². The van der Waals surface area contributed by atoms with Crippen LogP contribution in [0.1, 0.15) is 32.0 Å². The molecule has 1 aromatic heterocycles. The van der Waals surface area contributed by atoms with Gasteiger partial charge in [-0.2, -0.15) is 0 Å². The summed E-state index contributed by atoms with van der Waals surface area (Å²) in [6.07, 6.45) is 1.79. The number of nitrogens with one attached hydrogen (secondary N) is 1. The van der Waals surface area contributed by atoms with Gasteiger partial charge in [0.15, 0.2) is 5.96 Å². The molecule has 0 saturated carbocycles. The molecular weight excluding hydrogens is 200 g/mol. The quantitative estimate of drug-likeness (QED) is 0.587. The topological polar surface area (TPSA) is 63.3 Å². The smallest absolute Gasteiger partial charge is 0.189 e. The highest BCUT2D eigenvalue weighted by atomic mass is 15.1. The largest absolute Gasteiger partial charge is 0.370 e. The fraction of sp³-hybridized carbons (Fsp3) is 0.500. The highest BCUT2D eigenvalue weighted by molar-refractivity contribution is 5.78. The van der Waals surface area contributed by atoms with Crippen LogP contribution in [-0.4, -0.2) is 16.5 Å². The van der Waals surface area contributed by atoms with Crippen LogP contribution in [0, 0.1) is 6.92 Å². The first-order chi connectivity index (χ1) is 7.37. The zero-order valence-corrected chi connectivity index (χ0v) is 10.4. The van der Waals surface area contributed by atoms with Crippen LogP contribution in [0.25, 0.3) is 0 Å². The molecule has 0 aromatic carbocycles. The maximum atomic E-state index is 5.76. The minimum absolute atomic E-state index is 0.0619. The number of aliphatic imine (C=N–C) groups is 1. The van der Waals surface area contributed by atoms with E-state index >= 15 is 0 Å². The van der Waals surface area contributed by atoms with Crippen molar-refractivity contribution in [3.8, 4) is 0 Å². The van der Waals surface area contributed by atoms with Gasteiger partial charge in [-0.1, -0.05) is 0 Å². The molecule has 0 aliphatic heterocycles. The molecule has 0 saturated heterocycles. The molecule has 4 heteroatoms. The SMILES string of the molecule is Cc1ccnc(CN=C(N)NC(C)(C)C)c1. The van der Waals surface area contributed by atoms with Gasteiger partial charge < -0.3 is 11.1 Å². The van der Waals surface area contributed by atoms with Crippen molar-refractivity contribution in [2.75, 3.05) is 0 Å². The molecule has 1 heterocycles. The fourth-order valence-corrected chi connectivity index (χ4v) is 1.28. The summed E-state index contributed by atoms with van der Waals surface area (Å²) >= 11 is 0. The normalized spacial score (nSPS) is 12.6.